The molecule has 0 amide bonds. The van der Waals surface area contributed by atoms with Gasteiger partial charge in [-0.3, -0.25) is 4.79 Å². The fraction of sp³-hybridized carbons (Fsp3) is 0.929. The molecule has 118 valence electrons. The van der Waals surface area contributed by atoms with Crippen LogP contribution in [0.2, 0.25) is 0 Å². The Labute approximate surface area is 122 Å². The Balaban J connectivity index is 0.000000206. The lowest BCUT2D eigenvalue weighted by Crippen LogP contribution is -2.32. The summed E-state index contributed by atoms with van der Waals surface area (Å²) >= 11 is 0. The van der Waals surface area contributed by atoms with E-state index in [-0.39, 0.29) is 16.6 Å². The Morgan fingerprint density at radius 2 is 1.90 bits per heavy atom. The highest BCUT2D eigenvalue weighted by Crippen LogP contribution is 2.46. The van der Waals surface area contributed by atoms with Gasteiger partial charge in [-0.25, -0.2) is 13.6 Å². The first-order valence-electron chi connectivity index (χ1n) is 7.21. The minimum absolute atomic E-state index is 0.134. The van der Waals surface area contributed by atoms with Gasteiger partial charge in [-0.1, -0.05) is 13.3 Å². The van der Waals surface area contributed by atoms with Crippen molar-refractivity contribution >= 4 is 16.0 Å². The van der Waals surface area contributed by atoms with Crippen molar-refractivity contribution in [2.45, 2.75) is 58.1 Å². The Bertz CT molecular complexity index is 444. The van der Waals surface area contributed by atoms with E-state index in [1.165, 1.54) is 13.5 Å². The van der Waals surface area contributed by atoms with Crippen LogP contribution in [-0.4, -0.2) is 26.7 Å². The summed E-state index contributed by atoms with van der Waals surface area (Å²) in [6.45, 7) is 5.72. The van der Waals surface area contributed by atoms with E-state index in [0.29, 0.717) is 11.8 Å². The maximum Gasteiger partial charge on any atom is 0.311 e. The summed E-state index contributed by atoms with van der Waals surface area (Å²) in [6.07, 6.45) is 5.03. The highest BCUT2D eigenvalue weighted by Gasteiger charge is 2.44. The van der Waals surface area contributed by atoms with Crippen molar-refractivity contribution in [1.29, 1.82) is 0 Å². The lowest BCUT2D eigenvalue weighted by Gasteiger charge is -2.18. The van der Waals surface area contributed by atoms with Gasteiger partial charge in [0.25, 0.3) is 0 Å². The number of rotatable bonds is 3. The van der Waals surface area contributed by atoms with Crippen LogP contribution < -0.4 is 5.14 Å². The predicted molar refractivity (Wildman–Crippen MR) is 78.4 cm³/mol. The molecule has 2 saturated carbocycles. The third kappa shape index (κ3) is 4.19. The number of hydrogen-bond donors (Lipinski definition) is 1. The van der Waals surface area contributed by atoms with Crippen LogP contribution in [0, 0.1) is 17.3 Å². The normalized spacial score (nSPS) is 28.8. The minimum Gasteiger partial charge on any atom is -0.469 e. The Morgan fingerprint density at radius 3 is 2.10 bits per heavy atom. The monoisotopic (exact) mass is 305 g/mol. The smallest absolute Gasteiger partial charge is 0.311 e. The summed E-state index contributed by atoms with van der Waals surface area (Å²) < 4.78 is 26.6. The predicted octanol–water partition coefficient (Wildman–Crippen LogP) is 2.06. The number of hydrogen-bond acceptors (Lipinski definition) is 4. The lowest BCUT2D eigenvalue weighted by molar-refractivity contribution is -0.150. The molecule has 0 aromatic rings. The van der Waals surface area contributed by atoms with E-state index < -0.39 is 10.0 Å². The number of nitrogens with two attached hydrogens (primary N) is 1. The summed E-state index contributed by atoms with van der Waals surface area (Å²) in [4.78, 5) is 10.8. The maximum absolute atomic E-state index is 11.0. The third-order valence-corrected chi connectivity index (χ3v) is 6.14. The van der Waals surface area contributed by atoms with Gasteiger partial charge < -0.3 is 4.74 Å². The van der Waals surface area contributed by atoms with Crippen LogP contribution in [0.25, 0.3) is 0 Å². The van der Waals surface area contributed by atoms with Crippen LogP contribution in [0.15, 0.2) is 0 Å². The molecule has 6 heteroatoms. The van der Waals surface area contributed by atoms with Crippen molar-refractivity contribution in [3.8, 4) is 0 Å². The molecule has 2 bridgehead atoms. The Hall–Kier alpha value is -0.620. The summed E-state index contributed by atoms with van der Waals surface area (Å²) in [7, 11) is -1.82. The van der Waals surface area contributed by atoms with Crippen LogP contribution in [0.4, 0.5) is 0 Å². The number of carbonyl (C=O) groups is 1. The van der Waals surface area contributed by atoms with Crippen molar-refractivity contribution < 1.29 is 17.9 Å². The number of ether oxygens (including phenoxy) is 1. The van der Waals surface area contributed by atoms with Crippen LogP contribution in [0.3, 0.4) is 0 Å². The van der Waals surface area contributed by atoms with E-state index in [1.807, 2.05) is 20.8 Å². The zero-order valence-corrected chi connectivity index (χ0v) is 13.7. The molecule has 3 unspecified atom stereocenters. The number of carbonyl (C=O) groups excluding carboxylic acids is 1. The molecule has 2 N–H and O–H groups in total. The summed E-state index contributed by atoms with van der Waals surface area (Å²) in [6, 6.07) is 0. The number of esters is 1. The van der Waals surface area contributed by atoms with Crippen LogP contribution >= 0.6 is 0 Å². The maximum atomic E-state index is 11.0. The molecule has 2 aliphatic carbocycles. The first-order chi connectivity index (χ1) is 9.11. The van der Waals surface area contributed by atoms with E-state index >= 15 is 0 Å². The second-order valence-electron chi connectivity index (χ2n) is 6.53. The molecule has 5 nitrogen and oxygen atoms in total. The molecule has 0 heterocycles. The molecule has 0 spiro atoms. The topological polar surface area (TPSA) is 86.5 Å². The third-order valence-electron chi connectivity index (χ3n) is 4.72. The van der Waals surface area contributed by atoms with Gasteiger partial charge >= 0.3 is 5.97 Å². The van der Waals surface area contributed by atoms with Crippen molar-refractivity contribution in [3.63, 3.8) is 0 Å². The Morgan fingerprint density at radius 1 is 1.30 bits per heavy atom. The largest absolute Gasteiger partial charge is 0.469 e. The van der Waals surface area contributed by atoms with Gasteiger partial charge in [-0.05, 0) is 51.4 Å². The highest BCUT2D eigenvalue weighted by atomic mass is 32.2. The number of primary sulfonamides is 1. The number of sulfonamides is 1. The summed E-state index contributed by atoms with van der Waals surface area (Å²) in [5.41, 5.74) is -0.311. The lowest BCUT2D eigenvalue weighted by atomic mass is 9.91. The first-order valence-corrected chi connectivity index (χ1v) is 8.82. The van der Waals surface area contributed by atoms with Crippen molar-refractivity contribution in [3.05, 3.63) is 0 Å². The van der Waals surface area contributed by atoms with Crippen LogP contribution in [-0.2, 0) is 19.6 Å². The quantitative estimate of drug-likeness (QED) is 0.809. The van der Waals surface area contributed by atoms with E-state index in [0.717, 1.165) is 25.7 Å². The molecular weight excluding hydrogens is 278 g/mol. The molecule has 2 fully saturated rings. The van der Waals surface area contributed by atoms with Gasteiger partial charge in [0.15, 0.2) is 0 Å². The molecule has 20 heavy (non-hydrogen) atoms. The molecule has 0 aromatic carbocycles. The van der Waals surface area contributed by atoms with E-state index in [2.05, 4.69) is 4.74 Å². The number of fused-ring (bicyclic) bond motifs is 2. The van der Waals surface area contributed by atoms with Gasteiger partial charge in [0, 0.05) is 0 Å². The van der Waals surface area contributed by atoms with Crippen molar-refractivity contribution in [2.75, 3.05) is 7.11 Å². The van der Waals surface area contributed by atoms with Gasteiger partial charge in [0.1, 0.15) is 0 Å². The van der Waals surface area contributed by atoms with Gasteiger partial charge in [0.05, 0.1) is 17.8 Å². The first kappa shape index (κ1) is 17.4. The van der Waals surface area contributed by atoms with E-state index in [9.17, 15) is 13.2 Å². The summed E-state index contributed by atoms with van der Waals surface area (Å²) in [5, 5.41) is 4.89. The van der Waals surface area contributed by atoms with Crippen LogP contribution in [0.1, 0.15) is 52.9 Å². The van der Waals surface area contributed by atoms with E-state index in [4.69, 9.17) is 5.14 Å². The average molecular weight is 305 g/mol. The average Bonchev–Trinajstić information content (AvgIpc) is 3.00. The zero-order valence-electron chi connectivity index (χ0n) is 12.9. The van der Waals surface area contributed by atoms with Crippen LogP contribution in [0.5, 0.6) is 0 Å². The molecule has 0 radical (unpaired) electrons. The second kappa shape index (κ2) is 6.43. The van der Waals surface area contributed by atoms with Crippen molar-refractivity contribution in [2.24, 2.45) is 22.4 Å². The fourth-order valence-electron chi connectivity index (χ4n) is 3.01. The summed E-state index contributed by atoms with van der Waals surface area (Å²) in [5.74, 6) is 0.906. The highest BCUT2D eigenvalue weighted by molar-refractivity contribution is 7.89. The molecule has 0 aliphatic heterocycles. The molecule has 0 aromatic heterocycles. The number of methoxy groups -OCH3 is 1. The fourth-order valence-corrected chi connectivity index (χ4v) is 4.33. The molecular formula is C14H27NO4S. The molecule has 2 aliphatic rings. The Kier molecular flexibility index (Phi) is 5.61. The molecule has 3 atom stereocenters. The zero-order chi connectivity index (χ0) is 15.6. The van der Waals surface area contributed by atoms with Gasteiger partial charge in [-0.15, -0.1) is 0 Å². The SMILES string of the molecule is CCC(C)(C)C(=O)OC.NS(=O)(=O)C1CC2CCC1C2. The van der Waals surface area contributed by atoms with Gasteiger partial charge in [0.2, 0.25) is 10.0 Å². The van der Waals surface area contributed by atoms with Crippen molar-refractivity contribution in [1.82, 2.24) is 0 Å². The van der Waals surface area contributed by atoms with E-state index in [1.54, 1.807) is 0 Å². The molecule has 0 saturated heterocycles. The van der Waals surface area contributed by atoms with Gasteiger partial charge in [-0.2, -0.15) is 0 Å². The minimum atomic E-state index is -3.23. The molecule has 2 rings (SSSR count). The second-order valence-corrected chi connectivity index (χ2v) is 8.31. The standard InChI is InChI=1S/C7H13NO2S.C7H14O2/c8-11(9,10)7-4-5-1-2-6(7)3-5;1-5-7(2,3)6(8)9-4/h5-7H,1-4H2,(H2,8,9,10);5H2,1-4H3.